The van der Waals surface area contributed by atoms with Crippen molar-refractivity contribution in [3.05, 3.63) is 60.1 Å². The van der Waals surface area contributed by atoms with E-state index in [0.717, 1.165) is 11.1 Å². The molecule has 0 aliphatic carbocycles. The smallest absolute Gasteiger partial charge is 0.162 e. The van der Waals surface area contributed by atoms with Gasteiger partial charge in [0.1, 0.15) is 12.2 Å². The second-order valence-corrected chi connectivity index (χ2v) is 4.87. The van der Waals surface area contributed by atoms with E-state index in [4.69, 9.17) is 9.47 Å². The van der Waals surface area contributed by atoms with E-state index >= 15 is 0 Å². The maximum absolute atomic E-state index is 11.4. The highest BCUT2D eigenvalue weighted by Crippen LogP contribution is 2.30. The minimum Gasteiger partial charge on any atom is -0.493 e. The van der Waals surface area contributed by atoms with E-state index in [1.165, 1.54) is 24.7 Å². The fraction of sp³-hybridized carbons (Fsp3) is 0.250. The Bertz CT molecular complexity index is 551. The monoisotopic (exact) mass is 270 g/mol. The number of carbonyl (C=O) groups is 2. The van der Waals surface area contributed by atoms with Crippen LogP contribution in [0.5, 0.6) is 0 Å². The third-order valence-corrected chi connectivity index (χ3v) is 3.42. The molecule has 0 bridgehead atoms. The first-order valence-corrected chi connectivity index (χ1v) is 6.52. The van der Waals surface area contributed by atoms with Crippen molar-refractivity contribution in [1.29, 1.82) is 0 Å². The third-order valence-electron chi connectivity index (χ3n) is 3.42. The molecule has 2 heterocycles. The Kier molecular flexibility index (Phi) is 3.37. The van der Waals surface area contributed by atoms with Gasteiger partial charge in [-0.25, -0.2) is 0 Å². The Morgan fingerprint density at radius 1 is 0.850 bits per heavy atom. The quantitative estimate of drug-likeness (QED) is 0.829. The highest BCUT2D eigenvalue weighted by Gasteiger charge is 2.22. The molecule has 4 heteroatoms. The molecular weight excluding hydrogens is 256 g/mol. The first-order valence-electron chi connectivity index (χ1n) is 6.52. The van der Waals surface area contributed by atoms with Gasteiger partial charge in [0.05, 0.1) is 25.4 Å². The Labute approximate surface area is 116 Å². The summed E-state index contributed by atoms with van der Waals surface area (Å²) in [5.74, 6) is 0.109. The van der Waals surface area contributed by atoms with Crippen molar-refractivity contribution < 1.29 is 19.1 Å². The van der Waals surface area contributed by atoms with Gasteiger partial charge < -0.3 is 9.47 Å². The second kappa shape index (κ2) is 5.33. The van der Waals surface area contributed by atoms with Gasteiger partial charge in [-0.3, -0.25) is 9.59 Å². The molecule has 0 spiro atoms. The predicted molar refractivity (Wildman–Crippen MR) is 71.6 cm³/mol. The molecule has 20 heavy (non-hydrogen) atoms. The van der Waals surface area contributed by atoms with Crippen molar-refractivity contribution >= 4 is 11.6 Å². The number of ether oxygens (including phenoxy) is 2. The van der Waals surface area contributed by atoms with Crippen molar-refractivity contribution in [2.75, 3.05) is 0 Å². The molecule has 0 N–H and O–H groups in total. The van der Waals surface area contributed by atoms with Crippen LogP contribution < -0.4 is 0 Å². The maximum Gasteiger partial charge on any atom is 0.162 e. The topological polar surface area (TPSA) is 52.6 Å². The second-order valence-electron chi connectivity index (χ2n) is 4.87. The molecule has 2 aliphatic rings. The van der Waals surface area contributed by atoms with Gasteiger partial charge in [0.15, 0.2) is 11.6 Å². The Morgan fingerprint density at radius 3 is 1.80 bits per heavy atom. The van der Waals surface area contributed by atoms with Crippen LogP contribution >= 0.6 is 0 Å². The van der Waals surface area contributed by atoms with Crippen LogP contribution in [0.4, 0.5) is 0 Å². The van der Waals surface area contributed by atoms with Gasteiger partial charge in [-0.05, 0) is 17.2 Å². The molecular formula is C16H14O4. The van der Waals surface area contributed by atoms with E-state index in [1.807, 2.05) is 24.3 Å². The largest absolute Gasteiger partial charge is 0.493 e. The predicted octanol–water partition coefficient (Wildman–Crippen LogP) is 2.78. The summed E-state index contributed by atoms with van der Waals surface area (Å²) in [6, 6.07) is 7.67. The molecule has 4 nitrogen and oxygen atoms in total. The van der Waals surface area contributed by atoms with Crippen molar-refractivity contribution in [1.82, 2.24) is 0 Å². The van der Waals surface area contributed by atoms with E-state index in [0.29, 0.717) is 12.8 Å². The van der Waals surface area contributed by atoms with Crippen molar-refractivity contribution in [2.45, 2.75) is 25.0 Å². The summed E-state index contributed by atoms with van der Waals surface area (Å²) in [5.41, 5.74) is 1.84. The Morgan fingerprint density at radius 2 is 1.35 bits per heavy atom. The molecule has 3 rings (SSSR count). The zero-order chi connectivity index (χ0) is 13.9. The third kappa shape index (κ3) is 2.64. The standard InChI is InChI=1S/C16H14O4/c17-13-4-6-19-15(9-13)11-2-1-3-12(8-11)16-10-14(18)5-7-20-16/h1-8,15-16H,9-10H2/t15-,16-/m1/s1. The number of hydrogen-bond donors (Lipinski definition) is 0. The average Bonchev–Trinajstić information content (AvgIpc) is 2.47. The normalized spacial score (nSPS) is 25.2. The molecule has 1 aromatic rings. The molecule has 0 fully saturated rings. The number of allylic oxidation sites excluding steroid dienone is 2. The van der Waals surface area contributed by atoms with Crippen molar-refractivity contribution in [3.63, 3.8) is 0 Å². The summed E-state index contributed by atoms with van der Waals surface area (Å²) in [5, 5.41) is 0. The van der Waals surface area contributed by atoms with Crippen LogP contribution in [0.2, 0.25) is 0 Å². The average molecular weight is 270 g/mol. The number of benzene rings is 1. The zero-order valence-electron chi connectivity index (χ0n) is 10.8. The Balaban J connectivity index is 1.82. The van der Waals surface area contributed by atoms with E-state index in [1.54, 1.807) is 0 Å². The molecule has 0 aromatic heterocycles. The zero-order valence-corrected chi connectivity index (χ0v) is 10.8. The van der Waals surface area contributed by atoms with Gasteiger partial charge in [-0.15, -0.1) is 0 Å². The summed E-state index contributed by atoms with van der Waals surface area (Å²) < 4.78 is 10.9. The van der Waals surface area contributed by atoms with Crippen LogP contribution in [0, 0.1) is 0 Å². The summed E-state index contributed by atoms with van der Waals surface area (Å²) in [6.45, 7) is 0. The SMILES string of the molecule is O=C1C=CO[C@@H](c2cccc([C@H]3CC(=O)C=CO3)c2)C1. The number of carbonyl (C=O) groups excluding carboxylic acids is 2. The lowest BCUT2D eigenvalue weighted by atomic mass is 9.96. The van der Waals surface area contributed by atoms with E-state index < -0.39 is 0 Å². The molecule has 0 unspecified atom stereocenters. The Hall–Kier alpha value is -2.36. The van der Waals surface area contributed by atoms with Gasteiger partial charge in [0, 0.05) is 12.2 Å². The fourth-order valence-electron chi connectivity index (χ4n) is 2.37. The summed E-state index contributed by atoms with van der Waals surface area (Å²) in [7, 11) is 0. The first-order chi connectivity index (χ1) is 9.72. The van der Waals surface area contributed by atoms with Crippen LogP contribution in [0.1, 0.15) is 36.2 Å². The first kappa shape index (κ1) is 12.7. The van der Waals surface area contributed by atoms with Gasteiger partial charge in [0.25, 0.3) is 0 Å². The van der Waals surface area contributed by atoms with Crippen LogP contribution in [-0.4, -0.2) is 11.6 Å². The molecule has 0 saturated heterocycles. The summed E-state index contributed by atoms with van der Waals surface area (Å²) >= 11 is 0. The highest BCUT2D eigenvalue weighted by molar-refractivity contribution is 5.91. The minimum atomic E-state index is -0.262. The van der Waals surface area contributed by atoms with Crippen molar-refractivity contribution in [3.8, 4) is 0 Å². The number of hydrogen-bond acceptors (Lipinski definition) is 4. The lowest BCUT2D eigenvalue weighted by molar-refractivity contribution is -0.118. The molecule has 1 aromatic carbocycles. The van der Waals surface area contributed by atoms with Gasteiger partial charge >= 0.3 is 0 Å². The maximum atomic E-state index is 11.4. The highest BCUT2D eigenvalue weighted by atomic mass is 16.5. The molecule has 2 atom stereocenters. The van der Waals surface area contributed by atoms with Crippen LogP contribution in [0.25, 0.3) is 0 Å². The van der Waals surface area contributed by atoms with E-state index in [2.05, 4.69) is 0 Å². The number of rotatable bonds is 2. The lowest BCUT2D eigenvalue weighted by Crippen LogP contribution is -2.14. The van der Waals surface area contributed by atoms with Gasteiger partial charge in [-0.2, -0.15) is 0 Å². The molecule has 0 saturated carbocycles. The minimum absolute atomic E-state index is 0.0543. The van der Waals surface area contributed by atoms with Crippen LogP contribution in [-0.2, 0) is 19.1 Å². The molecule has 102 valence electrons. The molecule has 0 amide bonds. The van der Waals surface area contributed by atoms with Gasteiger partial charge in [-0.1, -0.05) is 18.2 Å². The summed E-state index contributed by atoms with van der Waals surface area (Å²) in [6.07, 6.45) is 5.90. The van der Waals surface area contributed by atoms with Gasteiger partial charge in [0.2, 0.25) is 0 Å². The van der Waals surface area contributed by atoms with Crippen molar-refractivity contribution in [2.24, 2.45) is 0 Å². The van der Waals surface area contributed by atoms with E-state index in [-0.39, 0.29) is 23.8 Å². The van der Waals surface area contributed by atoms with E-state index in [9.17, 15) is 9.59 Å². The van der Waals surface area contributed by atoms with Crippen LogP contribution in [0.3, 0.4) is 0 Å². The number of ketones is 2. The lowest BCUT2D eigenvalue weighted by Gasteiger charge is -2.22. The summed E-state index contributed by atoms with van der Waals surface area (Å²) in [4.78, 5) is 22.9. The van der Waals surface area contributed by atoms with Crippen LogP contribution in [0.15, 0.2) is 48.9 Å². The fourth-order valence-corrected chi connectivity index (χ4v) is 2.37. The molecule has 0 radical (unpaired) electrons. The molecule has 2 aliphatic heterocycles.